The van der Waals surface area contributed by atoms with Crippen LogP contribution in [0.15, 0.2) is 194 Å². The van der Waals surface area contributed by atoms with Gasteiger partial charge in [-0.05, 0) is 64.2 Å². The highest BCUT2D eigenvalue weighted by Gasteiger charge is 2.21. The standard InChI is InChI=1S/C49H34N2/c1-3-16-34(17-4-1)36-30-31-44(50-45-26-11-7-21-40(45)41-22-8-12-27-46(41)50)38(32-36)33-37-20-15-25-39(35-18-5-2-6-19-35)49(37)51-47-28-13-9-23-42(47)43-24-10-14-29-48(43)51/h1-32H,33H2. The summed E-state index contributed by atoms with van der Waals surface area (Å²) < 4.78 is 4.97. The number of para-hydroxylation sites is 5. The average molecular weight is 651 g/mol. The smallest absolute Gasteiger partial charge is 0.0575 e. The van der Waals surface area contributed by atoms with E-state index in [-0.39, 0.29) is 0 Å². The van der Waals surface area contributed by atoms with E-state index in [2.05, 4.69) is 203 Å². The van der Waals surface area contributed by atoms with Crippen LogP contribution in [0.4, 0.5) is 0 Å². The van der Waals surface area contributed by atoms with Gasteiger partial charge >= 0.3 is 0 Å². The Morgan fingerprint density at radius 2 is 0.784 bits per heavy atom. The fourth-order valence-electron chi connectivity index (χ4n) is 8.15. The highest BCUT2D eigenvalue weighted by atomic mass is 15.0. The molecular weight excluding hydrogens is 617 g/mol. The highest BCUT2D eigenvalue weighted by molar-refractivity contribution is 6.10. The zero-order valence-electron chi connectivity index (χ0n) is 28.1. The normalized spacial score (nSPS) is 11.6. The van der Waals surface area contributed by atoms with Crippen LogP contribution in [0, 0.1) is 0 Å². The molecule has 2 heteroatoms. The second kappa shape index (κ2) is 12.0. The maximum absolute atomic E-state index is 2.50. The quantitative estimate of drug-likeness (QED) is 0.169. The SMILES string of the molecule is c1ccc(-c2ccc(-n3c4ccccc4c4ccccc43)c(Cc3cccc(-c4ccccc4)c3-n3c4ccccc4c4ccccc43)c2)cc1. The number of aromatic nitrogens is 2. The van der Waals surface area contributed by atoms with Crippen LogP contribution in [-0.4, -0.2) is 9.13 Å². The Kier molecular flexibility index (Phi) is 6.92. The van der Waals surface area contributed by atoms with Crippen molar-refractivity contribution in [3.63, 3.8) is 0 Å². The van der Waals surface area contributed by atoms with Crippen LogP contribution in [0.1, 0.15) is 11.1 Å². The van der Waals surface area contributed by atoms with Crippen molar-refractivity contribution < 1.29 is 0 Å². The van der Waals surface area contributed by atoms with Crippen LogP contribution >= 0.6 is 0 Å². The summed E-state index contributed by atoms with van der Waals surface area (Å²) in [5.41, 5.74) is 14.7. The molecule has 0 atom stereocenters. The third-order valence-corrected chi connectivity index (χ3v) is 10.4. The van der Waals surface area contributed by atoms with Gasteiger partial charge in [0.1, 0.15) is 0 Å². The lowest BCUT2D eigenvalue weighted by molar-refractivity contribution is 1.06. The third kappa shape index (κ3) is 4.80. The van der Waals surface area contributed by atoms with E-state index in [9.17, 15) is 0 Å². The summed E-state index contributed by atoms with van der Waals surface area (Å²) in [6.45, 7) is 0. The van der Waals surface area contributed by atoms with Crippen molar-refractivity contribution >= 4 is 43.6 Å². The average Bonchev–Trinajstić information content (AvgIpc) is 3.71. The molecule has 240 valence electrons. The first kappa shape index (κ1) is 29.3. The molecule has 0 amide bonds. The van der Waals surface area contributed by atoms with Gasteiger partial charge in [0, 0.05) is 39.2 Å². The van der Waals surface area contributed by atoms with Gasteiger partial charge in [-0.1, -0.05) is 158 Å². The minimum atomic E-state index is 0.744. The molecule has 0 radical (unpaired) electrons. The lowest BCUT2D eigenvalue weighted by Gasteiger charge is -2.21. The lowest BCUT2D eigenvalue weighted by Crippen LogP contribution is -2.06. The van der Waals surface area contributed by atoms with E-state index in [1.54, 1.807) is 0 Å². The maximum atomic E-state index is 2.50. The molecule has 2 heterocycles. The molecule has 10 rings (SSSR count). The van der Waals surface area contributed by atoms with Gasteiger partial charge in [0.15, 0.2) is 0 Å². The predicted molar refractivity (Wildman–Crippen MR) is 215 cm³/mol. The molecule has 0 bridgehead atoms. The van der Waals surface area contributed by atoms with Gasteiger partial charge in [-0.2, -0.15) is 0 Å². The van der Waals surface area contributed by atoms with Crippen LogP contribution in [0.5, 0.6) is 0 Å². The van der Waals surface area contributed by atoms with E-state index in [0.717, 1.165) is 6.42 Å². The molecule has 0 spiro atoms. The molecule has 0 saturated heterocycles. The van der Waals surface area contributed by atoms with Gasteiger partial charge in [-0.25, -0.2) is 0 Å². The van der Waals surface area contributed by atoms with E-state index < -0.39 is 0 Å². The Balaban J connectivity index is 1.28. The summed E-state index contributed by atoms with van der Waals surface area (Å²) in [6, 6.07) is 70.7. The molecule has 2 nitrogen and oxygen atoms in total. The maximum Gasteiger partial charge on any atom is 0.0575 e. The highest BCUT2D eigenvalue weighted by Crippen LogP contribution is 2.40. The van der Waals surface area contributed by atoms with Gasteiger partial charge in [0.25, 0.3) is 0 Å². The van der Waals surface area contributed by atoms with Gasteiger partial charge in [0.05, 0.1) is 27.8 Å². The minimum Gasteiger partial charge on any atom is -0.309 e. The van der Waals surface area contributed by atoms with Crippen molar-refractivity contribution in [1.82, 2.24) is 9.13 Å². The number of rotatable bonds is 6. The fraction of sp³-hybridized carbons (Fsp3) is 0.0204. The van der Waals surface area contributed by atoms with Crippen LogP contribution in [0.3, 0.4) is 0 Å². The number of benzene rings is 8. The summed E-state index contributed by atoms with van der Waals surface area (Å²) in [5, 5.41) is 5.06. The van der Waals surface area contributed by atoms with Gasteiger partial charge in [0.2, 0.25) is 0 Å². The topological polar surface area (TPSA) is 9.86 Å². The van der Waals surface area contributed by atoms with E-state index in [0.29, 0.717) is 0 Å². The third-order valence-electron chi connectivity index (χ3n) is 10.4. The molecule has 2 aromatic heterocycles. The molecule has 0 unspecified atom stereocenters. The molecule has 10 aromatic rings. The van der Waals surface area contributed by atoms with Crippen molar-refractivity contribution in [3.05, 3.63) is 205 Å². The Morgan fingerprint density at radius 1 is 0.314 bits per heavy atom. The second-order valence-electron chi connectivity index (χ2n) is 13.3. The minimum absolute atomic E-state index is 0.744. The summed E-state index contributed by atoms with van der Waals surface area (Å²) in [4.78, 5) is 0. The second-order valence-corrected chi connectivity index (χ2v) is 13.3. The summed E-state index contributed by atoms with van der Waals surface area (Å²) in [6.07, 6.45) is 0.744. The van der Waals surface area contributed by atoms with Gasteiger partial charge in [-0.15, -0.1) is 0 Å². The van der Waals surface area contributed by atoms with E-state index in [4.69, 9.17) is 0 Å². The van der Waals surface area contributed by atoms with Crippen LogP contribution in [0.2, 0.25) is 0 Å². The number of nitrogens with zero attached hydrogens (tertiary/aromatic N) is 2. The predicted octanol–water partition coefficient (Wildman–Crippen LogP) is 12.8. The zero-order chi connectivity index (χ0) is 33.7. The molecule has 0 aliphatic carbocycles. The van der Waals surface area contributed by atoms with Gasteiger partial charge < -0.3 is 9.13 Å². The Labute approximate surface area is 297 Å². The van der Waals surface area contributed by atoms with Gasteiger partial charge in [-0.3, -0.25) is 0 Å². The summed E-state index contributed by atoms with van der Waals surface area (Å²) in [5.74, 6) is 0. The van der Waals surface area contributed by atoms with Crippen LogP contribution < -0.4 is 0 Å². The Hall–Kier alpha value is -6.64. The molecular formula is C49H34N2. The molecule has 0 saturated carbocycles. The first-order chi connectivity index (χ1) is 25.3. The van der Waals surface area contributed by atoms with Crippen LogP contribution in [-0.2, 0) is 6.42 Å². The van der Waals surface area contributed by atoms with E-state index >= 15 is 0 Å². The number of fused-ring (bicyclic) bond motifs is 6. The molecule has 8 aromatic carbocycles. The molecule has 0 aliphatic heterocycles. The van der Waals surface area contributed by atoms with Crippen molar-refractivity contribution in [2.75, 3.05) is 0 Å². The van der Waals surface area contributed by atoms with Crippen molar-refractivity contribution in [2.45, 2.75) is 6.42 Å². The number of hydrogen-bond acceptors (Lipinski definition) is 0. The summed E-state index contributed by atoms with van der Waals surface area (Å²) in [7, 11) is 0. The molecule has 0 aliphatic rings. The largest absolute Gasteiger partial charge is 0.309 e. The van der Waals surface area contributed by atoms with E-state index in [1.165, 1.54) is 88.4 Å². The first-order valence-electron chi connectivity index (χ1n) is 17.7. The van der Waals surface area contributed by atoms with E-state index in [1.807, 2.05) is 0 Å². The molecule has 0 N–H and O–H groups in total. The van der Waals surface area contributed by atoms with Crippen molar-refractivity contribution in [3.8, 4) is 33.6 Å². The van der Waals surface area contributed by atoms with Crippen molar-refractivity contribution in [1.29, 1.82) is 0 Å². The lowest BCUT2D eigenvalue weighted by atomic mass is 9.93. The fourth-order valence-corrected chi connectivity index (χ4v) is 8.15. The molecule has 51 heavy (non-hydrogen) atoms. The monoisotopic (exact) mass is 650 g/mol. The number of hydrogen-bond donors (Lipinski definition) is 0. The Bertz CT molecular complexity index is 2770. The molecule has 0 fully saturated rings. The summed E-state index contributed by atoms with van der Waals surface area (Å²) >= 11 is 0. The first-order valence-corrected chi connectivity index (χ1v) is 17.7. The Morgan fingerprint density at radius 3 is 1.33 bits per heavy atom. The van der Waals surface area contributed by atoms with Crippen molar-refractivity contribution in [2.24, 2.45) is 0 Å². The zero-order valence-corrected chi connectivity index (χ0v) is 28.1. The van der Waals surface area contributed by atoms with Crippen LogP contribution in [0.25, 0.3) is 77.2 Å².